The van der Waals surface area contributed by atoms with Crippen molar-refractivity contribution in [3.63, 3.8) is 0 Å². The van der Waals surface area contributed by atoms with E-state index in [0.29, 0.717) is 6.42 Å². The fourth-order valence-corrected chi connectivity index (χ4v) is 5.30. The Morgan fingerprint density at radius 1 is 1.13 bits per heavy atom. The predicted octanol–water partition coefficient (Wildman–Crippen LogP) is 3.83. The highest BCUT2D eigenvalue weighted by molar-refractivity contribution is 7.16. The van der Waals surface area contributed by atoms with Gasteiger partial charge in [0.1, 0.15) is 0 Å². The van der Waals surface area contributed by atoms with Gasteiger partial charge in [-0.1, -0.05) is 6.07 Å². The van der Waals surface area contributed by atoms with E-state index in [-0.39, 0.29) is 18.6 Å². The molecule has 3 heterocycles. The molecular formula is C18H17NO3S. The molecule has 1 aromatic carbocycles. The average Bonchev–Trinajstić information content (AvgIpc) is 3.17. The van der Waals surface area contributed by atoms with Crippen molar-refractivity contribution in [2.45, 2.75) is 38.0 Å². The minimum Gasteiger partial charge on any atom is -0.454 e. The maximum Gasteiger partial charge on any atom is 0.231 e. The molecule has 1 aromatic heterocycles. The number of thiophene rings is 1. The lowest BCUT2D eigenvalue weighted by Crippen LogP contribution is -2.23. The van der Waals surface area contributed by atoms with Crippen molar-refractivity contribution >= 4 is 22.2 Å². The molecule has 2 aliphatic heterocycles. The van der Waals surface area contributed by atoms with Gasteiger partial charge in [0.15, 0.2) is 11.5 Å². The number of hydrogen-bond acceptors (Lipinski definition) is 4. The SMILES string of the molecule is O=C1CC(c2ccc3c(c2)OCO3)c2c(sc3c2CCCC3)N1. The first-order valence-electron chi connectivity index (χ1n) is 8.13. The third-order valence-electron chi connectivity index (χ3n) is 5.00. The molecule has 3 aliphatic rings. The molecule has 0 saturated carbocycles. The van der Waals surface area contributed by atoms with E-state index in [1.807, 2.05) is 12.1 Å². The van der Waals surface area contributed by atoms with E-state index >= 15 is 0 Å². The van der Waals surface area contributed by atoms with E-state index in [0.717, 1.165) is 34.9 Å². The lowest BCUT2D eigenvalue weighted by molar-refractivity contribution is -0.116. The Morgan fingerprint density at radius 2 is 2.00 bits per heavy atom. The highest BCUT2D eigenvalue weighted by atomic mass is 32.1. The number of hydrogen-bond donors (Lipinski definition) is 1. The third kappa shape index (κ3) is 2.06. The van der Waals surface area contributed by atoms with E-state index in [1.54, 1.807) is 11.3 Å². The van der Waals surface area contributed by atoms with Crippen molar-refractivity contribution in [1.29, 1.82) is 0 Å². The van der Waals surface area contributed by atoms with Crippen molar-refractivity contribution < 1.29 is 14.3 Å². The molecule has 23 heavy (non-hydrogen) atoms. The standard InChI is InChI=1S/C18H17NO3S/c20-16-8-12(10-5-6-13-14(7-10)22-9-21-13)17-11-3-1-2-4-15(11)23-18(17)19-16/h5-7,12H,1-4,8-9H2,(H,19,20). The molecule has 1 unspecified atom stereocenters. The van der Waals surface area contributed by atoms with Crippen LogP contribution in [0.25, 0.3) is 0 Å². The van der Waals surface area contributed by atoms with Crippen molar-refractivity contribution in [2.24, 2.45) is 0 Å². The van der Waals surface area contributed by atoms with Gasteiger partial charge in [0.25, 0.3) is 0 Å². The predicted molar refractivity (Wildman–Crippen MR) is 88.6 cm³/mol. The molecule has 2 aromatic rings. The minimum absolute atomic E-state index is 0.110. The van der Waals surface area contributed by atoms with E-state index < -0.39 is 0 Å². The number of carbonyl (C=O) groups is 1. The van der Waals surface area contributed by atoms with Crippen molar-refractivity contribution in [1.82, 2.24) is 0 Å². The summed E-state index contributed by atoms with van der Waals surface area (Å²) in [5.74, 6) is 1.82. The number of rotatable bonds is 1. The van der Waals surface area contributed by atoms with Crippen LogP contribution in [-0.4, -0.2) is 12.7 Å². The van der Waals surface area contributed by atoms with Gasteiger partial charge in [0, 0.05) is 17.2 Å². The first kappa shape index (κ1) is 13.4. The molecule has 5 rings (SSSR count). The van der Waals surface area contributed by atoms with E-state index in [4.69, 9.17) is 9.47 Å². The van der Waals surface area contributed by atoms with Crippen LogP contribution in [-0.2, 0) is 17.6 Å². The van der Waals surface area contributed by atoms with Gasteiger partial charge < -0.3 is 14.8 Å². The first-order valence-corrected chi connectivity index (χ1v) is 8.95. The quantitative estimate of drug-likeness (QED) is 0.866. The van der Waals surface area contributed by atoms with Crippen LogP contribution in [0.3, 0.4) is 0 Å². The van der Waals surface area contributed by atoms with Gasteiger partial charge >= 0.3 is 0 Å². The summed E-state index contributed by atoms with van der Waals surface area (Å²) in [4.78, 5) is 13.7. The molecule has 1 amide bonds. The van der Waals surface area contributed by atoms with Crippen LogP contribution in [0.15, 0.2) is 18.2 Å². The van der Waals surface area contributed by atoms with Gasteiger partial charge in [-0.2, -0.15) is 0 Å². The second-order valence-corrected chi connectivity index (χ2v) is 7.48. The Bertz CT molecular complexity index is 811. The smallest absolute Gasteiger partial charge is 0.231 e. The molecule has 4 nitrogen and oxygen atoms in total. The lowest BCUT2D eigenvalue weighted by Gasteiger charge is -2.25. The Morgan fingerprint density at radius 3 is 2.96 bits per heavy atom. The molecule has 0 spiro atoms. The summed E-state index contributed by atoms with van der Waals surface area (Å²) in [5, 5.41) is 4.16. The molecule has 1 aliphatic carbocycles. The summed E-state index contributed by atoms with van der Waals surface area (Å²) < 4.78 is 10.9. The summed E-state index contributed by atoms with van der Waals surface area (Å²) >= 11 is 1.78. The normalized spacial score (nSPS) is 21.6. The first-order chi connectivity index (χ1) is 11.3. The molecule has 0 saturated heterocycles. The second kappa shape index (κ2) is 4.99. The molecule has 5 heteroatoms. The number of anilines is 1. The number of carbonyl (C=O) groups excluding carboxylic acids is 1. The Labute approximate surface area is 138 Å². The third-order valence-corrected chi connectivity index (χ3v) is 6.23. The summed E-state index contributed by atoms with van der Waals surface area (Å²) in [6, 6.07) is 6.08. The summed E-state index contributed by atoms with van der Waals surface area (Å²) in [5.41, 5.74) is 3.98. The van der Waals surface area contributed by atoms with Crippen molar-refractivity contribution in [2.75, 3.05) is 12.1 Å². The number of nitrogens with one attached hydrogen (secondary N) is 1. The molecular weight excluding hydrogens is 310 g/mol. The summed E-state index contributed by atoms with van der Waals surface area (Å²) in [6.07, 6.45) is 5.30. The van der Waals surface area contributed by atoms with Gasteiger partial charge in [0.05, 0.1) is 5.00 Å². The average molecular weight is 327 g/mol. The Kier molecular flexibility index (Phi) is 2.92. The van der Waals surface area contributed by atoms with Crippen LogP contribution in [0.5, 0.6) is 11.5 Å². The van der Waals surface area contributed by atoms with Crippen LogP contribution in [0.2, 0.25) is 0 Å². The zero-order valence-electron chi connectivity index (χ0n) is 12.7. The lowest BCUT2D eigenvalue weighted by atomic mass is 9.82. The number of aryl methyl sites for hydroxylation is 1. The van der Waals surface area contributed by atoms with Gasteiger partial charge in [-0.25, -0.2) is 0 Å². The number of ether oxygens (including phenoxy) is 2. The maximum absolute atomic E-state index is 12.2. The summed E-state index contributed by atoms with van der Waals surface area (Å²) in [7, 11) is 0. The fourth-order valence-electron chi connectivity index (χ4n) is 3.93. The Hall–Kier alpha value is -2.01. The number of amides is 1. The monoisotopic (exact) mass is 327 g/mol. The molecule has 0 fully saturated rings. The van der Waals surface area contributed by atoms with Crippen molar-refractivity contribution in [3.8, 4) is 11.5 Å². The van der Waals surface area contributed by atoms with Crippen molar-refractivity contribution in [3.05, 3.63) is 39.8 Å². The largest absolute Gasteiger partial charge is 0.454 e. The van der Waals surface area contributed by atoms with Gasteiger partial charge in [-0.05, 0) is 54.5 Å². The highest BCUT2D eigenvalue weighted by Gasteiger charge is 2.33. The van der Waals surface area contributed by atoms with Gasteiger partial charge in [-0.15, -0.1) is 11.3 Å². The minimum atomic E-state index is 0.110. The molecule has 118 valence electrons. The zero-order valence-corrected chi connectivity index (χ0v) is 13.5. The molecule has 1 atom stereocenters. The van der Waals surface area contributed by atoms with Gasteiger partial charge in [-0.3, -0.25) is 4.79 Å². The van der Waals surface area contributed by atoms with Crippen LogP contribution < -0.4 is 14.8 Å². The fraction of sp³-hybridized carbons (Fsp3) is 0.389. The van der Waals surface area contributed by atoms with E-state index in [2.05, 4.69) is 11.4 Å². The van der Waals surface area contributed by atoms with Gasteiger partial charge in [0.2, 0.25) is 12.7 Å². The molecule has 0 bridgehead atoms. The number of fused-ring (bicyclic) bond motifs is 4. The second-order valence-electron chi connectivity index (χ2n) is 6.37. The van der Waals surface area contributed by atoms with Crippen LogP contribution in [0, 0.1) is 0 Å². The van der Waals surface area contributed by atoms with E-state index in [1.165, 1.54) is 28.8 Å². The zero-order chi connectivity index (χ0) is 15.4. The van der Waals surface area contributed by atoms with Crippen LogP contribution in [0.1, 0.15) is 46.7 Å². The van der Waals surface area contributed by atoms with Crippen LogP contribution in [0.4, 0.5) is 5.00 Å². The molecule has 1 N–H and O–H groups in total. The van der Waals surface area contributed by atoms with Crippen LogP contribution >= 0.6 is 11.3 Å². The Balaban J connectivity index is 1.64. The topological polar surface area (TPSA) is 47.6 Å². The molecule has 0 radical (unpaired) electrons. The maximum atomic E-state index is 12.2. The van der Waals surface area contributed by atoms with E-state index in [9.17, 15) is 4.79 Å². The number of benzene rings is 1. The highest BCUT2D eigenvalue weighted by Crippen LogP contribution is 2.48. The summed E-state index contributed by atoms with van der Waals surface area (Å²) in [6.45, 7) is 0.281.